The Hall–Kier alpha value is -2.73. The maximum absolute atomic E-state index is 12.3. The Morgan fingerprint density at radius 1 is 1.15 bits per heavy atom. The van der Waals surface area contributed by atoms with Crippen LogP contribution in [-0.4, -0.2) is 45.9 Å². The van der Waals surface area contributed by atoms with Gasteiger partial charge in [0.25, 0.3) is 0 Å². The van der Waals surface area contributed by atoms with Crippen LogP contribution in [0.2, 0.25) is 0 Å². The Bertz CT molecular complexity index is 730. The Labute approximate surface area is 160 Å². The van der Waals surface area contributed by atoms with Gasteiger partial charge in [0.05, 0.1) is 32.6 Å². The van der Waals surface area contributed by atoms with E-state index in [2.05, 4.69) is 10.2 Å². The summed E-state index contributed by atoms with van der Waals surface area (Å²) in [5, 5.41) is 2.96. The first-order valence-corrected chi connectivity index (χ1v) is 9.24. The van der Waals surface area contributed by atoms with E-state index in [1.54, 1.807) is 7.11 Å². The van der Waals surface area contributed by atoms with Crippen molar-refractivity contribution in [3.05, 3.63) is 48.5 Å². The molecule has 0 bridgehead atoms. The van der Waals surface area contributed by atoms with E-state index in [9.17, 15) is 4.79 Å². The van der Waals surface area contributed by atoms with Crippen LogP contribution in [0.1, 0.15) is 12.8 Å². The highest BCUT2D eigenvalue weighted by Crippen LogP contribution is 2.30. The van der Waals surface area contributed by atoms with E-state index in [0.29, 0.717) is 30.9 Å². The second kappa shape index (κ2) is 9.83. The molecule has 27 heavy (non-hydrogen) atoms. The molecule has 2 aromatic carbocycles. The summed E-state index contributed by atoms with van der Waals surface area (Å²) < 4.78 is 16.4. The van der Waals surface area contributed by atoms with Gasteiger partial charge in [-0.05, 0) is 36.8 Å². The van der Waals surface area contributed by atoms with E-state index in [4.69, 9.17) is 14.2 Å². The summed E-state index contributed by atoms with van der Waals surface area (Å²) in [5.41, 5.74) is 1.75. The second-order valence-corrected chi connectivity index (χ2v) is 6.30. The minimum atomic E-state index is -0.0518. The van der Waals surface area contributed by atoms with E-state index in [0.717, 1.165) is 37.7 Å². The van der Waals surface area contributed by atoms with Crippen LogP contribution in [0.3, 0.4) is 0 Å². The molecule has 1 aliphatic heterocycles. The molecule has 0 atom stereocenters. The third-order valence-electron chi connectivity index (χ3n) is 4.39. The van der Waals surface area contributed by atoms with Crippen LogP contribution in [0.4, 0.5) is 11.4 Å². The molecule has 0 saturated carbocycles. The lowest BCUT2D eigenvalue weighted by molar-refractivity contribution is -0.116. The molecule has 2 aromatic rings. The highest BCUT2D eigenvalue weighted by molar-refractivity contribution is 5.93. The second-order valence-electron chi connectivity index (χ2n) is 6.30. The van der Waals surface area contributed by atoms with E-state index in [1.807, 2.05) is 48.5 Å². The molecule has 1 fully saturated rings. The van der Waals surface area contributed by atoms with Gasteiger partial charge in [-0.1, -0.05) is 18.2 Å². The maximum atomic E-state index is 12.3. The van der Waals surface area contributed by atoms with Crippen molar-refractivity contribution in [1.29, 1.82) is 0 Å². The summed E-state index contributed by atoms with van der Waals surface area (Å²) in [7, 11) is 1.60. The number of ether oxygens (including phenoxy) is 3. The molecule has 0 aromatic heterocycles. The predicted molar refractivity (Wildman–Crippen MR) is 106 cm³/mol. The number of morpholine rings is 1. The van der Waals surface area contributed by atoms with Crippen molar-refractivity contribution in [2.24, 2.45) is 0 Å². The third-order valence-corrected chi connectivity index (χ3v) is 4.39. The molecule has 1 heterocycles. The summed E-state index contributed by atoms with van der Waals surface area (Å²) in [4.78, 5) is 14.6. The number of amides is 1. The number of nitrogens with zero attached hydrogens (tertiary/aromatic N) is 1. The fourth-order valence-corrected chi connectivity index (χ4v) is 2.96. The standard InChI is InChI=1S/C21H26N2O4/c1-25-20-10-9-17(23-11-14-26-15-12-23)16-19(20)22-21(24)8-5-13-27-18-6-3-2-4-7-18/h2-4,6-7,9-10,16H,5,8,11-15H2,1H3,(H,22,24). The van der Waals surface area contributed by atoms with Gasteiger partial charge in [0.15, 0.2) is 0 Å². The van der Waals surface area contributed by atoms with Crippen LogP contribution in [0.25, 0.3) is 0 Å². The van der Waals surface area contributed by atoms with E-state index in [1.165, 1.54) is 0 Å². The largest absolute Gasteiger partial charge is 0.495 e. The number of hydrogen-bond acceptors (Lipinski definition) is 5. The molecule has 6 nitrogen and oxygen atoms in total. The first kappa shape index (κ1) is 19.0. The number of benzene rings is 2. The van der Waals surface area contributed by atoms with Crippen molar-refractivity contribution in [2.45, 2.75) is 12.8 Å². The SMILES string of the molecule is COc1ccc(N2CCOCC2)cc1NC(=O)CCCOc1ccccc1. The molecule has 0 spiro atoms. The summed E-state index contributed by atoms with van der Waals surface area (Å²) in [5.74, 6) is 1.42. The molecule has 1 amide bonds. The lowest BCUT2D eigenvalue weighted by atomic mass is 10.2. The number of nitrogens with one attached hydrogen (secondary N) is 1. The minimum Gasteiger partial charge on any atom is -0.495 e. The molecule has 0 unspecified atom stereocenters. The molecule has 0 aliphatic carbocycles. The highest BCUT2D eigenvalue weighted by Gasteiger charge is 2.14. The molecule has 144 valence electrons. The van der Waals surface area contributed by atoms with E-state index >= 15 is 0 Å². The van der Waals surface area contributed by atoms with E-state index < -0.39 is 0 Å². The molecule has 1 aliphatic rings. The Balaban J connectivity index is 1.52. The van der Waals surface area contributed by atoms with Crippen LogP contribution in [0.15, 0.2) is 48.5 Å². The van der Waals surface area contributed by atoms with Gasteiger partial charge < -0.3 is 24.4 Å². The number of carbonyl (C=O) groups is 1. The van der Waals surface area contributed by atoms with Crippen LogP contribution >= 0.6 is 0 Å². The number of para-hydroxylation sites is 1. The molecule has 1 saturated heterocycles. The average molecular weight is 370 g/mol. The van der Waals surface area contributed by atoms with Crippen molar-refractivity contribution in [1.82, 2.24) is 0 Å². The van der Waals surface area contributed by atoms with Gasteiger partial charge >= 0.3 is 0 Å². The average Bonchev–Trinajstić information content (AvgIpc) is 2.72. The van der Waals surface area contributed by atoms with Gasteiger partial charge in [-0.2, -0.15) is 0 Å². The topological polar surface area (TPSA) is 60.0 Å². The maximum Gasteiger partial charge on any atom is 0.224 e. The summed E-state index contributed by atoms with van der Waals surface area (Å²) >= 11 is 0. The number of rotatable bonds is 8. The zero-order valence-corrected chi connectivity index (χ0v) is 15.6. The van der Waals surface area contributed by atoms with E-state index in [-0.39, 0.29) is 5.91 Å². The fraction of sp³-hybridized carbons (Fsp3) is 0.381. The van der Waals surface area contributed by atoms with Gasteiger partial charge in [0.1, 0.15) is 11.5 Å². The van der Waals surface area contributed by atoms with Crippen LogP contribution < -0.4 is 19.7 Å². The Kier molecular flexibility index (Phi) is 6.93. The van der Waals surface area contributed by atoms with Crippen LogP contribution in [-0.2, 0) is 9.53 Å². The van der Waals surface area contributed by atoms with Crippen molar-refractivity contribution in [3.8, 4) is 11.5 Å². The summed E-state index contributed by atoms with van der Waals surface area (Å²) in [6.07, 6.45) is 1.03. The zero-order valence-electron chi connectivity index (χ0n) is 15.6. The van der Waals surface area contributed by atoms with Crippen molar-refractivity contribution in [3.63, 3.8) is 0 Å². The highest BCUT2D eigenvalue weighted by atomic mass is 16.5. The van der Waals surface area contributed by atoms with Gasteiger partial charge in [-0.15, -0.1) is 0 Å². The van der Waals surface area contributed by atoms with Gasteiger partial charge in [-0.3, -0.25) is 4.79 Å². The molecular weight excluding hydrogens is 344 g/mol. The van der Waals surface area contributed by atoms with Crippen LogP contribution in [0, 0.1) is 0 Å². The summed E-state index contributed by atoms with van der Waals surface area (Å²) in [6.45, 7) is 3.62. The van der Waals surface area contributed by atoms with Crippen LogP contribution in [0.5, 0.6) is 11.5 Å². The summed E-state index contributed by atoms with van der Waals surface area (Å²) in [6, 6.07) is 15.5. The number of carbonyl (C=O) groups excluding carboxylic acids is 1. The minimum absolute atomic E-state index is 0.0518. The van der Waals surface area contributed by atoms with Crippen molar-refractivity contribution in [2.75, 3.05) is 50.2 Å². The third kappa shape index (κ3) is 5.62. The Morgan fingerprint density at radius 3 is 2.67 bits per heavy atom. The predicted octanol–water partition coefficient (Wildman–Crippen LogP) is 3.33. The fourth-order valence-electron chi connectivity index (χ4n) is 2.96. The quantitative estimate of drug-likeness (QED) is 0.723. The smallest absolute Gasteiger partial charge is 0.224 e. The number of anilines is 2. The molecular formula is C21H26N2O4. The first-order valence-electron chi connectivity index (χ1n) is 9.24. The lowest BCUT2D eigenvalue weighted by Crippen LogP contribution is -2.36. The monoisotopic (exact) mass is 370 g/mol. The molecule has 0 radical (unpaired) electrons. The first-order chi connectivity index (χ1) is 13.3. The number of hydrogen-bond donors (Lipinski definition) is 1. The van der Waals surface area contributed by atoms with Gasteiger partial charge in [0, 0.05) is 25.2 Å². The van der Waals surface area contributed by atoms with Gasteiger partial charge in [0.2, 0.25) is 5.91 Å². The van der Waals surface area contributed by atoms with Crippen molar-refractivity contribution >= 4 is 17.3 Å². The molecule has 3 rings (SSSR count). The molecule has 1 N–H and O–H groups in total. The molecule has 6 heteroatoms. The van der Waals surface area contributed by atoms with Crippen molar-refractivity contribution < 1.29 is 19.0 Å². The van der Waals surface area contributed by atoms with Gasteiger partial charge in [-0.25, -0.2) is 0 Å². The lowest BCUT2D eigenvalue weighted by Gasteiger charge is -2.29. The Morgan fingerprint density at radius 2 is 1.93 bits per heavy atom. The zero-order chi connectivity index (χ0) is 18.9. The normalized spacial score (nSPS) is 13.9. The number of methoxy groups -OCH3 is 1.